The molecule has 3 amide bonds. The molecule has 1 saturated carbocycles. The number of hydrogen-bond acceptors (Lipinski definition) is 5. The van der Waals surface area contributed by atoms with E-state index < -0.39 is 11.8 Å². The largest absolute Gasteiger partial charge is 0.349 e. The van der Waals surface area contributed by atoms with Crippen LogP contribution < -0.4 is 21.6 Å². The molecule has 4 rings (SSSR count). The zero-order valence-electron chi connectivity index (χ0n) is 18.5. The third-order valence-corrected chi connectivity index (χ3v) is 5.72. The van der Waals surface area contributed by atoms with Crippen molar-refractivity contribution in [2.24, 2.45) is 5.10 Å². The minimum Gasteiger partial charge on any atom is -0.349 e. The number of carbonyl (C=O) groups excluding carboxylic acids is 3. The minimum atomic E-state index is -1.03. The highest BCUT2D eigenvalue weighted by molar-refractivity contribution is 6.40. The van der Waals surface area contributed by atoms with Gasteiger partial charge in [0.15, 0.2) is 0 Å². The maximum atomic E-state index is 12.7. The van der Waals surface area contributed by atoms with Gasteiger partial charge in [-0.15, -0.1) is 0 Å². The first kappa shape index (κ1) is 22.9. The van der Waals surface area contributed by atoms with Crippen LogP contribution in [0.5, 0.6) is 0 Å². The van der Waals surface area contributed by atoms with Crippen LogP contribution in [0.3, 0.4) is 0 Å². The van der Waals surface area contributed by atoms with E-state index in [2.05, 4.69) is 26.1 Å². The topological polar surface area (TPSA) is 133 Å². The number of amides is 3. The fourth-order valence-corrected chi connectivity index (χ4v) is 3.95. The monoisotopic (exact) mass is 459 g/mol. The molecular weight excluding hydrogens is 434 g/mol. The molecular formula is C25H25N5O4. The predicted molar refractivity (Wildman–Crippen MR) is 130 cm³/mol. The Labute approximate surface area is 195 Å². The number of fused-ring (bicyclic) bond motifs is 1. The summed E-state index contributed by atoms with van der Waals surface area (Å²) in [6.45, 7) is 0. The van der Waals surface area contributed by atoms with Gasteiger partial charge in [-0.3, -0.25) is 19.2 Å². The van der Waals surface area contributed by atoms with Gasteiger partial charge in [-0.05, 0) is 42.5 Å². The molecule has 174 valence electrons. The second-order valence-corrected chi connectivity index (χ2v) is 8.15. The number of aromatic nitrogens is 1. The van der Waals surface area contributed by atoms with E-state index in [-0.39, 0.29) is 34.3 Å². The molecule has 0 radical (unpaired) electrons. The van der Waals surface area contributed by atoms with Crippen molar-refractivity contribution in [3.8, 4) is 0 Å². The standard InChI is InChI=1S/C25H25N5O4/c31-22-17(14-16-8-4-6-12-20(16)28-22)15-26-30-25(34)24(33)29-21-13-7-5-11-19(21)23(32)27-18-9-2-1-3-10-18/h4-8,11-15,18H,1-3,9-10H2,(H,27,32)(H,28,31)(H,29,33)(H,30,34)/b26-15-. The van der Waals surface area contributed by atoms with E-state index in [1.54, 1.807) is 36.4 Å². The number of anilines is 1. The fraction of sp³-hybridized carbons (Fsp3) is 0.240. The summed E-state index contributed by atoms with van der Waals surface area (Å²) in [5, 5.41) is 9.98. The van der Waals surface area contributed by atoms with Gasteiger partial charge >= 0.3 is 11.8 Å². The highest BCUT2D eigenvalue weighted by Gasteiger charge is 2.20. The summed E-state index contributed by atoms with van der Waals surface area (Å²) < 4.78 is 0. The summed E-state index contributed by atoms with van der Waals surface area (Å²) in [6.07, 6.45) is 6.36. The Bertz CT molecular complexity index is 1310. The lowest BCUT2D eigenvalue weighted by atomic mass is 9.95. The molecule has 1 aliphatic carbocycles. The van der Waals surface area contributed by atoms with Crippen LogP contribution in [0.1, 0.15) is 48.0 Å². The summed E-state index contributed by atoms with van der Waals surface area (Å²) in [5.41, 5.74) is 3.14. The lowest BCUT2D eigenvalue weighted by Crippen LogP contribution is -2.37. The first-order valence-electron chi connectivity index (χ1n) is 11.2. The van der Waals surface area contributed by atoms with E-state index in [0.717, 1.165) is 31.1 Å². The lowest BCUT2D eigenvalue weighted by molar-refractivity contribution is -0.136. The van der Waals surface area contributed by atoms with Crippen molar-refractivity contribution in [3.63, 3.8) is 0 Å². The van der Waals surface area contributed by atoms with Gasteiger partial charge in [0.25, 0.3) is 11.5 Å². The number of hydrogen-bond donors (Lipinski definition) is 4. The van der Waals surface area contributed by atoms with Gasteiger partial charge in [-0.2, -0.15) is 5.10 Å². The number of rotatable bonds is 5. The summed E-state index contributed by atoms with van der Waals surface area (Å²) >= 11 is 0. The molecule has 1 aliphatic rings. The van der Waals surface area contributed by atoms with Crippen LogP contribution >= 0.6 is 0 Å². The Kier molecular flexibility index (Phi) is 7.12. The molecule has 0 aliphatic heterocycles. The van der Waals surface area contributed by atoms with Gasteiger partial charge in [0.1, 0.15) is 0 Å². The average Bonchev–Trinajstić information content (AvgIpc) is 2.85. The van der Waals surface area contributed by atoms with Gasteiger partial charge in [0, 0.05) is 11.6 Å². The zero-order valence-corrected chi connectivity index (χ0v) is 18.5. The Hall–Kier alpha value is -4.27. The van der Waals surface area contributed by atoms with Crippen LogP contribution in [-0.4, -0.2) is 35.0 Å². The molecule has 1 fully saturated rings. The number of hydrazone groups is 1. The van der Waals surface area contributed by atoms with Crippen molar-refractivity contribution < 1.29 is 14.4 Å². The van der Waals surface area contributed by atoms with Crippen LogP contribution in [-0.2, 0) is 9.59 Å². The Morgan fingerprint density at radius 3 is 2.50 bits per heavy atom. The van der Waals surface area contributed by atoms with Crippen LogP contribution in [0.4, 0.5) is 5.69 Å². The summed E-state index contributed by atoms with van der Waals surface area (Å²) in [6, 6.07) is 15.5. The van der Waals surface area contributed by atoms with Crippen molar-refractivity contribution in [2.75, 3.05) is 5.32 Å². The molecule has 0 atom stereocenters. The normalized spacial score (nSPS) is 14.1. The maximum Gasteiger partial charge on any atom is 0.329 e. The highest BCUT2D eigenvalue weighted by Crippen LogP contribution is 2.20. The quantitative estimate of drug-likeness (QED) is 0.265. The number of benzene rings is 2. The predicted octanol–water partition coefficient (Wildman–Crippen LogP) is 2.68. The van der Waals surface area contributed by atoms with E-state index in [1.807, 2.05) is 18.2 Å². The molecule has 0 saturated heterocycles. The van der Waals surface area contributed by atoms with Gasteiger partial charge in [-0.1, -0.05) is 49.6 Å². The molecule has 2 aromatic carbocycles. The fourth-order valence-electron chi connectivity index (χ4n) is 3.95. The van der Waals surface area contributed by atoms with E-state index in [9.17, 15) is 19.2 Å². The molecule has 0 bridgehead atoms. The van der Waals surface area contributed by atoms with Gasteiger partial charge < -0.3 is 15.6 Å². The van der Waals surface area contributed by atoms with Gasteiger partial charge in [0.2, 0.25) is 0 Å². The number of para-hydroxylation sites is 2. The SMILES string of the molecule is O=C(N/N=C\c1cc2ccccc2[nH]c1=O)C(=O)Nc1ccccc1C(=O)NC1CCCCC1. The number of pyridine rings is 1. The van der Waals surface area contributed by atoms with Gasteiger partial charge in [-0.25, -0.2) is 5.43 Å². The Morgan fingerprint density at radius 1 is 0.941 bits per heavy atom. The molecule has 34 heavy (non-hydrogen) atoms. The first-order valence-corrected chi connectivity index (χ1v) is 11.2. The second-order valence-electron chi connectivity index (χ2n) is 8.15. The third-order valence-electron chi connectivity index (χ3n) is 5.72. The van der Waals surface area contributed by atoms with E-state index in [4.69, 9.17) is 0 Å². The molecule has 9 heteroatoms. The van der Waals surface area contributed by atoms with Crippen molar-refractivity contribution in [1.29, 1.82) is 0 Å². The van der Waals surface area contributed by atoms with E-state index in [0.29, 0.717) is 5.52 Å². The summed E-state index contributed by atoms with van der Waals surface area (Å²) in [5.74, 6) is -2.31. The Balaban J connectivity index is 1.38. The molecule has 1 heterocycles. The summed E-state index contributed by atoms with van der Waals surface area (Å²) in [7, 11) is 0. The highest BCUT2D eigenvalue weighted by atomic mass is 16.2. The average molecular weight is 460 g/mol. The number of nitrogens with zero attached hydrogens (tertiary/aromatic N) is 1. The lowest BCUT2D eigenvalue weighted by Gasteiger charge is -2.23. The Morgan fingerprint density at radius 2 is 1.68 bits per heavy atom. The third kappa shape index (κ3) is 5.55. The minimum absolute atomic E-state index is 0.112. The van der Waals surface area contributed by atoms with Crippen molar-refractivity contribution in [1.82, 2.24) is 15.7 Å². The van der Waals surface area contributed by atoms with E-state index in [1.165, 1.54) is 12.6 Å². The molecule has 0 spiro atoms. The number of nitrogens with one attached hydrogen (secondary N) is 4. The zero-order chi connectivity index (χ0) is 23.9. The molecule has 1 aromatic heterocycles. The van der Waals surface area contributed by atoms with Gasteiger partial charge in [0.05, 0.1) is 23.0 Å². The molecule has 0 unspecified atom stereocenters. The van der Waals surface area contributed by atoms with Crippen molar-refractivity contribution in [2.45, 2.75) is 38.1 Å². The smallest absolute Gasteiger partial charge is 0.329 e. The molecule has 4 N–H and O–H groups in total. The first-order chi connectivity index (χ1) is 16.5. The number of carbonyl (C=O) groups is 3. The number of H-pyrrole nitrogens is 1. The second kappa shape index (κ2) is 10.6. The number of aromatic amines is 1. The van der Waals surface area contributed by atoms with Crippen LogP contribution in [0, 0.1) is 0 Å². The maximum absolute atomic E-state index is 12.7. The van der Waals surface area contributed by atoms with Crippen LogP contribution in [0.2, 0.25) is 0 Å². The van der Waals surface area contributed by atoms with Crippen LogP contribution in [0.25, 0.3) is 10.9 Å². The van der Waals surface area contributed by atoms with Crippen molar-refractivity contribution in [3.05, 3.63) is 76.1 Å². The van der Waals surface area contributed by atoms with Crippen molar-refractivity contribution >= 4 is 40.5 Å². The van der Waals surface area contributed by atoms with Crippen LogP contribution in [0.15, 0.2) is 64.5 Å². The summed E-state index contributed by atoms with van der Waals surface area (Å²) in [4.78, 5) is 52.2. The molecule has 9 nitrogen and oxygen atoms in total. The molecule has 3 aromatic rings. The van der Waals surface area contributed by atoms with E-state index >= 15 is 0 Å².